The molecule has 7 nitrogen and oxygen atoms in total. The van der Waals surface area contributed by atoms with Gasteiger partial charge in [-0.15, -0.1) is 0 Å². The number of methoxy groups -OCH3 is 1. The Balaban J connectivity index is 2.30. The van der Waals surface area contributed by atoms with Crippen LogP contribution >= 0.6 is 0 Å². The quantitative estimate of drug-likeness (QED) is 0.869. The Morgan fingerprint density at radius 2 is 1.78 bits per heavy atom. The van der Waals surface area contributed by atoms with Gasteiger partial charge in [0, 0.05) is 18.5 Å². The third-order valence-corrected chi connectivity index (χ3v) is 4.90. The van der Waals surface area contributed by atoms with Crippen molar-refractivity contribution >= 4 is 12.1 Å². The number of likely N-dealkylation sites (tertiary alicyclic amines) is 1. The topological polar surface area (TPSA) is 99.9 Å². The predicted molar refractivity (Wildman–Crippen MR) is 98.5 cm³/mol. The second-order valence-electron chi connectivity index (χ2n) is 7.75. The molecular formula is C20H26N2O5. The lowest BCUT2D eigenvalue weighted by atomic mass is 9.64. The Hall–Kier alpha value is -2.75. The van der Waals surface area contributed by atoms with Gasteiger partial charge in [-0.05, 0) is 51.3 Å². The van der Waals surface area contributed by atoms with E-state index in [2.05, 4.69) is 0 Å². The third-order valence-electron chi connectivity index (χ3n) is 4.90. The Bertz CT molecular complexity index is 722. The highest BCUT2D eigenvalue weighted by molar-refractivity contribution is 5.76. The van der Waals surface area contributed by atoms with Crippen LogP contribution in [0.15, 0.2) is 24.3 Å². The summed E-state index contributed by atoms with van der Waals surface area (Å²) in [5, 5.41) is 19.2. The summed E-state index contributed by atoms with van der Waals surface area (Å²) in [4.78, 5) is 25.7. The van der Waals surface area contributed by atoms with E-state index in [9.17, 15) is 20.0 Å². The molecule has 1 saturated heterocycles. The molecule has 27 heavy (non-hydrogen) atoms. The lowest BCUT2D eigenvalue weighted by molar-refractivity contribution is -0.142. The molecule has 7 heteroatoms. The van der Waals surface area contributed by atoms with Crippen molar-refractivity contribution in [2.24, 2.45) is 5.92 Å². The van der Waals surface area contributed by atoms with Crippen molar-refractivity contribution < 1.29 is 24.2 Å². The summed E-state index contributed by atoms with van der Waals surface area (Å²) in [5.74, 6) is -1.70. The van der Waals surface area contributed by atoms with E-state index in [0.29, 0.717) is 31.7 Å². The smallest absolute Gasteiger partial charge is 0.410 e. The maximum absolute atomic E-state index is 12.3. The van der Waals surface area contributed by atoms with Gasteiger partial charge in [-0.25, -0.2) is 4.79 Å². The van der Waals surface area contributed by atoms with Crippen molar-refractivity contribution in [1.82, 2.24) is 4.90 Å². The molecular weight excluding hydrogens is 348 g/mol. The number of rotatable bonds is 4. The molecule has 2 rings (SSSR count). The molecule has 1 heterocycles. The number of carbonyl (C=O) groups is 2. The van der Waals surface area contributed by atoms with Gasteiger partial charge in [-0.2, -0.15) is 5.26 Å². The number of aliphatic carboxylic acids is 1. The molecule has 1 aromatic carbocycles. The Morgan fingerprint density at radius 1 is 1.22 bits per heavy atom. The lowest BCUT2D eigenvalue weighted by Crippen LogP contribution is -2.51. The van der Waals surface area contributed by atoms with Crippen LogP contribution in [0.25, 0.3) is 0 Å². The zero-order valence-electron chi connectivity index (χ0n) is 16.2. The third kappa shape index (κ3) is 4.51. The summed E-state index contributed by atoms with van der Waals surface area (Å²) in [6.45, 7) is 6.05. The van der Waals surface area contributed by atoms with Crippen LogP contribution in [0.1, 0.15) is 39.2 Å². The van der Waals surface area contributed by atoms with Gasteiger partial charge >= 0.3 is 12.1 Å². The standard InChI is InChI=1S/C20H26N2O5/c1-19(2,3)27-18(25)22-11-9-20(10-12-22,16(13-21)17(23)24)14-5-7-15(26-4)8-6-14/h5-8,16H,9-12H2,1-4H3,(H,23,24). The maximum atomic E-state index is 12.3. The zero-order valence-corrected chi connectivity index (χ0v) is 16.2. The van der Waals surface area contributed by atoms with Crippen LogP contribution in [0.3, 0.4) is 0 Å². The molecule has 1 aliphatic heterocycles. The number of nitrogens with zero attached hydrogens (tertiary/aromatic N) is 2. The molecule has 0 spiro atoms. The van der Waals surface area contributed by atoms with Gasteiger partial charge in [0.1, 0.15) is 11.4 Å². The molecule has 1 fully saturated rings. The predicted octanol–water partition coefficient (Wildman–Crippen LogP) is 3.19. The minimum Gasteiger partial charge on any atom is -0.497 e. The molecule has 0 saturated carbocycles. The van der Waals surface area contributed by atoms with Crippen LogP contribution in [0.4, 0.5) is 4.79 Å². The van der Waals surface area contributed by atoms with Crippen LogP contribution in [0.2, 0.25) is 0 Å². The number of carboxylic acid groups (broad SMARTS) is 1. The summed E-state index contributed by atoms with van der Waals surface area (Å²) >= 11 is 0. The summed E-state index contributed by atoms with van der Waals surface area (Å²) < 4.78 is 10.6. The molecule has 0 bridgehead atoms. The van der Waals surface area contributed by atoms with Crippen molar-refractivity contribution in [3.63, 3.8) is 0 Å². The number of piperidine rings is 1. The van der Waals surface area contributed by atoms with E-state index in [1.807, 2.05) is 6.07 Å². The fraction of sp³-hybridized carbons (Fsp3) is 0.550. The Labute approximate surface area is 159 Å². The van der Waals surface area contributed by atoms with Crippen molar-refractivity contribution in [3.8, 4) is 11.8 Å². The van der Waals surface area contributed by atoms with Crippen LogP contribution in [0.5, 0.6) is 5.75 Å². The average Bonchev–Trinajstić information content (AvgIpc) is 2.61. The average molecular weight is 374 g/mol. The first-order chi connectivity index (χ1) is 12.6. The van der Waals surface area contributed by atoms with E-state index in [1.165, 1.54) is 0 Å². The van der Waals surface area contributed by atoms with Gasteiger partial charge < -0.3 is 19.5 Å². The maximum Gasteiger partial charge on any atom is 0.410 e. The number of hydrogen-bond acceptors (Lipinski definition) is 5. The SMILES string of the molecule is COc1ccc(C2(C(C#N)C(=O)O)CCN(C(=O)OC(C)(C)C)CC2)cc1. The number of amides is 1. The van der Waals surface area contributed by atoms with E-state index < -0.39 is 29.0 Å². The first kappa shape index (κ1) is 20.6. The van der Waals surface area contributed by atoms with E-state index in [4.69, 9.17) is 9.47 Å². The molecule has 1 unspecified atom stereocenters. The fourth-order valence-corrected chi connectivity index (χ4v) is 3.50. The van der Waals surface area contributed by atoms with Gasteiger partial charge in [0.15, 0.2) is 5.92 Å². The van der Waals surface area contributed by atoms with Gasteiger partial charge in [-0.1, -0.05) is 12.1 Å². The monoisotopic (exact) mass is 374 g/mol. The summed E-state index contributed by atoms with van der Waals surface area (Å²) in [6, 6.07) is 9.07. The number of benzene rings is 1. The first-order valence-corrected chi connectivity index (χ1v) is 8.88. The van der Waals surface area contributed by atoms with Gasteiger partial charge in [0.05, 0.1) is 13.2 Å². The van der Waals surface area contributed by atoms with Crippen molar-refractivity contribution in [2.45, 2.75) is 44.6 Å². The molecule has 1 N–H and O–H groups in total. The second kappa shape index (κ2) is 7.87. The van der Waals surface area contributed by atoms with Crippen molar-refractivity contribution in [3.05, 3.63) is 29.8 Å². The molecule has 0 aromatic heterocycles. The Morgan fingerprint density at radius 3 is 2.19 bits per heavy atom. The van der Waals surface area contributed by atoms with Gasteiger partial charge in [0.2, 0.25) is 0 Å². The van der Waals surface area contributed by atoms with Crippen LogP contribution in [-0.2, 0) is 14.9 Å². The van der Waals surface area contributed by atoms with E-state index in [1.54, 1.807) is 57.0 Å². The number of hydrogen-bond donors (Lipinski definition) is 1. The van der Waals surface area contributed by atoms with Crippen LogP contribution in [-0.4, -0.2) is 47.9 Å². The van der Waals surface area contributed by atoms with E-state index in [0.717, 1.165) is 5.56 Å². The Kier molecular flexibility index (Phi) is 5.99. The molecule has 1 amide bonds. The summed E-state index contributed by atoms with van der Waals surface area (Å²) in [6.07, 6.45) is 0.307. The zero-order chi connectivity index (χ0) is 20.2. The van der Waals surface area contributed by atoms with E-state index in [-0.39, 0.29) is 0 Å². The number of ether oxygens (including phenoxy) is 2. The normalized spacial score (nSPS) is 17.5. The molecule has 146 valence electrons. The minimum atomic E-state index is -1.20. The van der Waals surface area contributed by atoms with Gasteiger partial charge in [-0.3, -0.25) is 4.79 Å². The number of nitriles is 1. The highest BCUT2D eigenvalue weighted by atomic mass is 16.6. The lowest BCUT2D eigenvalue weighted by Gasteiger charge is -2.43. The van der Waals surface area contributed by atoms with Crippen molar-refractivity contribution in [1.29, 1.82) is 5.26 Å². The number of carboxylic acids is 1. The highest BCUT2D eigenvalue weighted by Crippen LogP contribution is 2.43. The minimum absolute atomic E-state index is 0.326. The second-order valence-corrected chi connectivity index (χ2v) is 7.75. The summed E-state index contributed by atoms with van der Waals surface area (Å²) in [5.41, 5.74) is -0.704. The van der Waals surface area contributed by atoms with Crippen LogP contribution < -0.4 is 4.74 Å². The molecule has 0 radical (unpaired) electrons. The molecule has 1 aromatic rings. The molecule has 1 aliphatic rings. The number of carbonyl (C=O) groups excluding carboxylic acids is 1. The molecule has 1 atom stereocenters. The fourth-order valence-electron chi connectivity index (χ4n) is 3.50. The van der Waals surface area contributed by atoms with Crippen molar-refractivity contribution in [2.75, 3.05) is 20.2 Å². The highest BCUT2D eigenvalue weighted by Gasteiger charge is 2.48. The first-order valence-electron chi connectivity index (χ1n) is 8.88. The van der Waals surface area contributed by atoms with Crippen LogP contribution in [0, 0.1) is 17.2 Å². The van der Waals surface area contributed by atoms with E-state index >= 15 is 0 Å². The van der Waals surface area contributed by atoms with Gasteiger partial charge in [0.25, 0.3) is 0 Å². The largest absolute Gasteiger partial charge is 0.497 e. The summed E-state index contributed by atoms with van der Waals surface area (Å²) in [7, 11) is 1.55. The molecule has 0 aliphatic carbocycles.